The van der Waals surface area contributed by atoms with Gasteiger partial charge in [0.05, 0.1) is 12.5 Å². The molecule has 6 nitrogen and oxygen atoms in total. The van der Waals surface area contributed by atoms with E-state index in [-0.39, 0.29) is 0 Å². The normalized spacial score (nSPS) is 14.7. The van der Waals surface area contributed by atoms with Crippen LogP contribution in [0.4, 0.5) is 13.2 Å². The lowest BCUT2D eigenvalue weighted by Crippen LogP contribution is -2.27. The lowest BCUT2D eigenvalue weighted by Gasteiger charge is -2.20. The number of halogens is 3. The standard InChI is InChI=1S/C11H12F3NO5/c12-11(13,14)20-8-2-1-5(16)3-6(8)10(19)7(17)4-9(15)18/h1-3,7,10,16-17,19H,4H2,(H2,15,18). The maximum absolute atomic E-state index is 12.2. The van der Waals surface area contributed by atoms with E-state index in [2.05, 4.69) is 4.74 Å². The summed E-state index contributed by atoms with van der Waals surface area (Å²) in [5.41, 5.74) is 4.29. The Labute approximate surface area is 111 Å². The number of aliphatic hydroxyl groups excluding tert-OH is 2. The molecule has 1 aromatic rings. The van der Waals surface area contributed by atoms with Gasteiger partial charge < -0.3 is 25.8 Å². The molecular weight excluding hydrogens is 283 g/mol. The van der Waals surface area contributed by atoms with Gasteiger partial charge in [0.15, 0.2) is 0 Å². The van der Waals surface area contributed by atoms with Crippen LogP contribution >= 0.6 is 0 Å². The molecule has 0 fully saturated rings. The van der Waals surface area contributed by atoms with Gasteiger partial charge in [0.2, 0.25) is 5.91 Å². The average molecular weight is 295 g/mol. The minimum Gasteiger partial charge on any atom is -0.508 e. The Hall–Kier alpha value is -2.00. The van der Waals surface area contributed by atoms with Crippen LogP contribution in [0.5, 0.6) is 11.5 Å². The quantitative estimate of drug-likeness (QED) is 0.634. The molecule has 2 unspecified atom stereocenters. The van der Waals surface area contributed by atoms with Gasteiger partial charge in [-0.2, -0.15) is 0 Å². The summed E-state index contributed by atoms with van der Waals surface area (Å²) in [5.74, 6) is -2.19. The summed E-state index contributed by atoms with van der Waals surface area (Å²) in [7, 11) is 0. The molecule has 1 rings (SSSR count). The highest BCUT2D eigenvalue weighted by molar-refractivity contribution is 5.74. The zero-order valence-corrected chi connectivity index (χ0v) is 9.96. The highest BCUT2D eigenvalue weighted by atomic mass is 19.4. The first-order valence-corrected chi connectivity index (χ1v) is 5.33. The van der Waals surface area contributed by atoms with Crippen molar-refractivity contribution in [3.63, 3.8) is 0 Å². The summed E-state index contributed by atoms with van der Waals surface area (Å²) >= 11 is 0. The Morgan fingerprint density at radius 2 is 1.95 bits per heavy atom. The fourth-order valence-electron chi connectivity index (χ4n) is 1.51. The van der Waals surface area contributed by atoms with Crippen molar-refractivity contribution in [3.8, 4) is 11.5 Å². The molecule has 0 radical (unpaired) electrons. The monoisotopic (exact) mass is 295 g/mol. The fourth-order valence-corrected chi connectivity index (χ4v) is 1.51. The number of aromatic hydroxyl groups is 1. The molecule has 0 saturated heterocycles. The number of primary amides is 1. The molecule has 0 aromatic heterocycles. The Balaban J connectivity index is 3.08. The lowest BCUT2D eigenvalue weighted by molar-refractivity contribution is -0.275. The number of nitrogens with two attached hydrogens (primary N) is 1. The van der Waals surface area contributed by atoms with Crippen LogP contribution in [0.3, 0.4) is 0 Å². The lowest BCUT2D eigenvalue weighted by atomic mass is 10.0. The molecule has 0 aliphatic carbocycles. The van der Waals surface area contributed by atoms with E-state index < -0.39 is 48.0 Å². The number of alkyl halides is 3. The molecule has 0 spiro atoms. The zero-order valence-electron chi connectivity index (χ0n) is 9.96. The molecular formula is C11H12F3NO5. The van der Waals surface area contributed by atoms with Crippen molar-refractivity contribution >= 4 is 5.91 Å². The van der Waals surface area contributed by atoms with Crippen molar-refractivity contribution < 1.29 is 38.0 Å². The molecule has 2 atom stereocenters. The van der Waals surface area contributed by atoms with Crippen LogP contribution in [0.2, 0.25) is 0 Å². The number of phenols is 1. The Morgan fingerprint density at radius 3 is 2.45 bits per heavy atom. The van der Waals surface area contributed by atoms with Gasteiger partial charge in [0.25, 0.3) is 0 Å². The van der Waals surface area contributed by atoms with Crippen molar-refractivity contribution in [1.82, 2.24) is 0 Å². The molecule has 9 heteroatoms. The molecule has 20 heavy (non-hydrogen) atoms. The third-order valence-corrected chi connectivity index (χ3v) is 2.31. The maximum Gasteiger partial charge on any atom is 0.573 e. The highest BCUT2D eigenvalue weighted by Crippen LogP contribution is 2.34. The minimum atomic E-state index is -5.01. The number of aliphatic hydroxyl groups is 2. The summed E-state index contributed by atoms with van der Waals surface area (Å²) in [6, 6.07) is 2.48. The number of carbonyl (C=O) groups excluding carboxylic acids is 1. The van der Waals surface area contributed by atoms with E-state index in [0.29, 0.717) is 0 Å². The number of rotatable bonds is 5. The Bertz CT molecular complexity index is 491. The third kappa shape index (κ3) is 4.59. The van der Waals surface area contributed by atoms with E-state index in [1.807, 2.05) is 0 Å². The Morgan fingerprint density at radius 1 is 1.35 bits per heavy atom. The van der Waals surface area contributed by atoms with Crippen molar-refractivity contribution in [2.75, 3.05) is 0 Å². The zero-order chi connectivity index (χ0) is 15.5. The summed E-state index contributed by atoms with van der Waals surface area (Å²) < 4.78 is 40.2. The van der Waals surface area contributed by atoms with Gasteiger partial charge in [-0.25, -0.2) is 0 Å². The number of hydrogen-bond donors (Lipinski definition) is 4. The third-order valence-electron chi connectivity index (χ3n) is 2.31. The van der Waals surface area contributed by atoms with Crippen molar-refractivity contribution in [2.24, 2.45) is 5.73 Å². The Kier molecular flexibility index (Phi) is 4.79. The molecule has 1 aromatic carbocycles. The number of hydrogen-bond acceptors (Lipinski definition) is 5. The second kappa shape index (κ2) is 5.97. The van der Waals surface area contributed by atoms with E-state index in [0.717, 1.165) is 18.2 Å². The molecule has 0 saturated carbocycles. The van der Waals surface area contributed by atoms with Crippen molar-refractivity contribution in [2.45, 2.75) is 25.0 Å². The van der Waals surface area contributed by atoms with Crippen LogP contribution < -0.4 is 10.5 Å². The number of phenolic OH excluding ortho intramolecular Hbond substituents is 1. The minimum absolute atomic E-state index is 0.445. The van der Waals surface area contributed by atoms with Crippen LogP contribution in [-0.4, -0.2) is 33.7 Å². The van der Waals surface area contributed by atoms with Gasteiger partial charge in [-0.15, -0.1) is 13.2 Å². The van der Waals surface area contributed by atoms with Gasteiger partial charge in [0, 0.05) is 5.56 Å². The van der Waals surface area contributed by atoms with Gasteiger partial charge in [-0.3, -0.25) is 4.79 Å². The molecule has 0 heterocycles. The second-order valence-electron chi connectivity index (χ2n) is 3.95. The maximum atomic E-state index is 12.2. The van der Waals surface area contributed by atoms with Crippen molar-refractivity contribution in [1.29, 1.82) is 0 Å². The predicted octanol–water partition coefficient (Wildman–Crippen LogP) is 0.560. The first-order chi connectivity index (χ1) is 9.10. The number of ether oxygens (including phenoxy) is 1. The van der Waals surface area contributed by atoms with Gasteiger partial charge >= 0.3 is 6.36 Å². The van der Waals surface area contributed by atoms with Gasteiger partial charge in [-0.05, 0) is 18.2 Å². The first kappa shape index (κ1) is 16.1. The SMILES string of the molecule is NC(=O)CC(O)C(O)c1cc(O)ccc1OC(F)(F)F. The number of carbonyl (C=O) groups is 1. The molecule has 0 aliphatic heterocycles. The van der Waals surface area contributed by atoms with E-state index in [1.165, 1.54) is 0 Å². The molecule has 0 aliphatic rings. The first-order valence-electron chi connectivity index (χ1n) is 5.33. The summed E-state index contributed by atoms with van der Waals surface area (Å²) in [4.78, 5) is 10.6. The van der Waals surface area contributed by atoms with Crippen LogP contribution in [0.15, 0.2) is 18.2 Å². The summed E-state index contributed by atoms with van der Waals surface area (Å²) in [6.07, 6.45) is -9.29. The van der Waals surface area contributed by atoms with E-state index in [4.69, 9.17) is 5.73 Å². The summed E-state index contributed by atoms with van der Waals surface area (Å²) in [5, 5.41) is 28.4. The van der Waals surface area contributed by atoms with Gasteiger partial charge in [-0.1, -0.05) is 0 Å². The molecule has 1 amide bonds. The second-order valence-corrected chi connectivity index (χ2v) is 3.95. The van der Waals surface area contributed by atoms with Crippen LogP contribution in [-0.2, 0) is 4.79 Å². The van der Waals surface area contributed by atoms with Gasteiger partial charge in [0.1, 0.15) is 17.6 Å². The van der Waals surface area contributed by atoms with E-state index in [9.17, 15) is 33.3 Å². The average Bonchev–Trinajstić information content (AvgIpc) is 2.28. The van der Waals surface area contributed by atoms with Crippen LogP contribution in [0.1, 0.15) is 18.1 Å². The van der Waals surface area contributed by atoms with E-state index in [1.54, 1.807) is 0 Å². The largest absolute Gasteiger partial charge is 0.573 e. The predicted molar refractivity (Wildman–Crippen MR) is 59.6 cm³/mol. The molecule has 0 bridgehead atoms. The number of benzene rings is 1. The fraction of sp³-hybridized carbons (Fsp3) is 0.364. The highest BCUT2D eigenvalue weighted by Gasteiger charge is 2.34. The van der Waals surface area contributed by atoms with E-state index >= 15 is 0 Å². The number of amides is 1. The van der Waals surface area contributed by atoms with Crippen molar-refractivity contribution in [3.05, 3.63) is 23.8 Å². The molecule has 112 valence electrons. The molecule has 5 N–H and O–H groups in total. The van der Waals surface area contributed by atoms with Crippen LogP contribution in [0, 0.1) is 0 Å². The topological polar surface area (TPSA) is 113 Å². The summed E-state index contributed by atoms with van der Waals surface area (Å²) in [6.45, 7) is 0. The van der Waals surface area contributed by atoms with Crippen LogP contribution in [0.25, 0.3) is 0 Å². The smallest absolute Gasteiger partial charge is 0.508 e.